The van der Waals surface area contributed by atoms with Gasteiger partial charge in [0.15, 0.2) is 14.1 Å². The summed E-state index contributed by atoms with van der Waals surface area (Å²) in [6, 6.07) is 0. The summed E-state index contributed by atoms with van der Waals surface area (Å²) in [5.74, 6) is 1.40. The van der Waals surface area contributed by atoms with E-state index in [4.69, 9.17) is 9.16 Å². The lowest BCUT2D eigenvalue weighted by atomic mass is 9.79. The number of Topliss-reactive ketones (excluding diaryl/α,β-unsaturated/α-hetero) is 1. The van der Waals surface area contributed by atoms with Gasteiger partial charge < -0.3 is 9.16 Å². The molecule has 0 N–H and O–H groups in total. The van der Waals surface area contributed by atoms with Crippen LogP contribution in [0.3, 0.4) is 0 Å². The number of ether oxygens (including phenoxy) is 1. The first-order valence-corrected chi connectivity index (χ1v) is 11.5. The Balaban J connectivity index is 1.98. The van der Waals surface area contributed by atoms with E-state index in [2.05, 4.69) is 33.9 Å². The number of carbonyl (C=O) groups excluding carboxylic acids is 1. The van der Waals surface area contributed by atoms with E-state index in [0.29, 0.717) is 18.3 Å². The van der Waals surface area contributed by atoms with Gasteiger partial charge in [0, 0.05) is 12.5 Å². The maximum atomic E-state index is 12.6. The summed E-state index contributed by atoms with van der Waals surface area (Å²) in [6.45, 7) is 12.0. The highest BCUT2D eigenvalue weighted by Crippen LogP contribution is 2.45. The topological polar surface area (TPSA) is 35.5 Å². The van der Waals surface area contributed by atoms with Crippen LogP contribution in [0.15, 0.2) is 11.3 Å². The summed E-state index contributed by atoms with van der Waals surface area (Å²) >= 11 is 0. The summed E-state index contributed by atoms with van der Waals surface area (Å²) in [7, 11) is -0.0845. The Morgan fingerprint density at radius 3 is 2.50 bits per heavy atom. The molecular formula is C18H32O3Si. The fourth-order valence-electron chi connectivity index (χ4n) is 3.50. The number of rotatable bonds is 5. The highest BCUT2D eigenvalue weighted by atomic mass is 28.4. The first-order valence-electron chi connectivity index (χ1n) is 8.64. The lowest BCUT2D eigenvalue weighted by Crippen LogP contribution is -2.41. The zero-order valence-corrected chi connectivity index (χ0v) is 16.1. The van der Waals surface area contributed by atoms with Gasteiger partial charge >= 0.3 is 0 Å². The van der Waals surface area contributed by atoms with Crippen molar-refractivity contribution in [2.45, 2.75) is 71.0 Å². The summed E-state index contributed by atoms with van der Waals surface area (Å²) in [5.41, 5.74) is 1.29. The summed E-state index contributed by atoms with van der Waals surface area (Å²) in [6.07, 6.45) is 5.45. The molecule has 2 atom stereocenters. The Morgan fingerprint density at radius 1 is 1.23 bits per heavy atom. The van der Waals surface area contributed by atoms with Crippen molar-refractivity contribution in [3.63, 3.8) is 0 Å². The van der Waals surface area contributed by atoms with Crippen LogP contribution in [0.25, 0.3) is 0 Å². The Morgan fingerprint density at radius 2 is 1.91 bits per heavy atom. The molecule has 0 aromatic rings. The van der Waals surface area contributed by atoms with Crippen molar-refractivity contribution in [2.75, 3.05) is 13.7 Å². The molecule has 0 aromatic carbocycles. The molecule has 0 unspecified atom stereocenters. The summed E-state index contributed by atoms with van der Waals surface area (Å²) in [4.78, 5) is 12.6. The van der Waals surface area contributed by atoms with Crippen LogP contribution in [0.1, 0.15) is 52.9 Å². The van der Waals surface area contributed by atoms with E-state index in [-0.39, 0.29) is 16.7 Å². The van der Waals surface area contributed by atoms with E-state index in [9.17, 15) is 4.79 Å². The molecule has 0 aliphatic heterocycles. The van der Waals surface area contributed by atoms with Crippen LogP contribution in [0.2, 0.25) is 18.1 Å². The number of methoxy groups -OCH3 is 1. The molecule has 0 heterocycles. The molecule has 1 saturated carbocycles. The molecule has 0 radical (unpaired) electrons. The Hall–Kier alpha value is -0.613. The molecule has 0 saturated heterocycles. The van der Waals surface area contributed by atoms with Crippen LogP contribution in [-0.4, -0.2) is 27.8 Å². The minimum Gasteiger partial charge on any atom is -0.493 e. The summed E-state index contributed by atoms with van der Waals surface area (Å²) in [5, 5.41) is 0.221. The number of hydrogen-bond donors (Lipinski definition) is 0. The maximum absolute atomic E-state index is 12.6. The van der Waals surface area contributed by atoms with Gasteiger partial charge in [-0.1, -0.05) is 27.2 Å². The predicted octanol–water partition coefficient (Wildman–Crippen LogP) is 4.69. The van der Waals surface area contributed by atoms with Gasteiger partial charge in [-0.15, -0.1) is 0 Å². The SMILES string of the molecule is COC1=C2CCCC[C@H]2[C@@H](CCO[Si](C)(C)C(C)(C)C)C1=O. The molecule has 2 aliphatic carbocycles. The molecule has 0 amide bonds. The average molecular weight is 325 g/mol. The van der Waals surface area contributed by atoms with E-state index in [1.54, 1.807) is 7.11 Å². The second-order valence-electron chi connectivity index (χ2n) is 8.28. The zero-order valence-electron chi connectivity index (χ0n) is 15.1. The third kappa shape index (κ3) is 3.33. The van der Waals surface area contributed by atoms with Crippen LogP contribution in [0, 0.1) is 11.8 Å². The van der Waals surface area contributed by atoms with Gasteiger partial charge in [-0.05, 0) is 55.3 Å². The molecule has 126 valence electrons. The van der Waals surface area contributed by atoms with E-state index in [1.807, 2.05) is 0 Å². The predicted molar refractivity (Wildman–Crippen MR) is 92.3 cm³/mol. The van der Waals surface area contributed by atoms with Gasteiger partial charge in [-0.25, -0.2) is 0 Å². The number of allylic oxidation sites excluding steroid dienone is 2. The fourth-order valence-corrected chi connectivity index (χ4v) is 4.56. The molecule has 0 bridgehead atoms. The second-order valence-corrected chi connectivity index (χ2v) is 13.1. The van der Waals surface area contributed by atoms with E-state index < -0.39 is 8.32 Å². The molecule has 2 aliphatic rings. The van der Waals surface area contributed by atoms with Crippen LogP contribution in [0.5, 0.6) is 0 Å². The van der Waals surface area contributed by atoms with E-state index in [1.165, 1.54) is 18.4 Å². The Kier molecular flexibility index (Phi) is 5.22. The first-order chi connectivity index (χ1) is 10.2. The summed E-state index contributed by atoms with van der Waals surface area (Å²) < 4.78 is 11.7. The van der Waals surface area contributed by atoms with Crippen molar-refractivity contribution >= 4 is 14.1 Å². The van der Waals surface area contributed by atoms with Crippen LogP contribution in [-0.2, 0) is 14.0 Å². The monoisotopic (exact) mass is 324 g/mol. The number of ketones is 1. The van der Waals surface area contributed by atoms with E-state index in [0.717, 1.165) is 19.3 Å². The Bertz CT molecular complexity index is 459. The Labute approximate surface area is 136 Å². The second kappa shape index (κ2) is 6.48. The standard InChI is InChI=1S/C18H32O3Si/c1-18(2,3)22(5,6)21-12-11-14-13-9-7-8-10-15(13)17(20-4)16(14)19/h13-14H,7-12H2,1-6H3/t13-,14+/m0/s1. The van der Waals surface area contributed by atoms with Gasteiger partial charge in [-0.2, -0.15) is 0 Å². The van der Waals surface area contributed by atoms with Crippen LogP contribution < -0.4 is 0 Å². The van der Waals surface area contributed by atoms with Crippen molar-refractivity contribution < 1.29 is 14.0 Å². The molecule has 0 aromatic heterocycles. The van der Waals surface area contributed by atoms with E-state index >= 15 is 0 Å². The molecule has 0 spiro atoms. The molecule has 4 heteroatoms. The third-order valence-electron chi connectivity index (χ3n) is 5.90. The number of hydrogen-bond acceptors (Lipinski definition) is 3. The van der Waals surface area contributed by atoms with Gasteiger partial charge in [0.25, 0.3) is 0 Å². The smallest absolute Gasteiger partial charge is 0.201 e. The van der Waals surface area contributed by atoms with Crippen molar-refractivity contribution in [3.8, 4) is 0 Å². The number of carbonyl (C=O) groups is 1. The first kappa shape index (κ1) is 17.7. The van der Waals surface area contributed by atoms with Crippen molar-refractivity contribution in [2.24, 2.45) is 11.8 Å². The highest BCUT2D eigenvalue weighted by molar-refractivity contribution is 6.74. The molecule has 1 fully saturated rings. The molecular weight excluding hydrogens is 292 g/mol. The fraction of sp³-hybridized carbons (Fsp3) is 0.833. The average Bonchev–Trinajstić information content (AvgIpc) is 2.70. The largest absolute Gasteiger partial charge is 0.493 e. The van der Waals surface area contributed by atoms with Gasteiger partial charge in [-0.3, -0.25) is 4.79 Å². The minimum atomic E-state index is -1.72. The lowest BCUT2D eigenvalue weighted by molar-refractivity contribution is -0.122. The number of fused-ring (bicyclic) bond motifs is 1. The van der Waals surface area contributed by atoms with Crippen molar-refractivity contribution in [3.05, 3.63) is 11.3 Å². The van der Waals surface area contributed by atoms with Crippen molar-refractivity contribution in [1.29, 1.82) is 0 Å². The lowest BCUT2D eigenvalue weighted by Gasteiger charge is -2.36. The van der Waals surface area contributed by atoms with Crippen LogP contribution in [0.4, 0.5) is 0 Å². The zero-order chi connectivity index (χ0) is 16.5. The molecule has 3 nitrogen and oxygen atoms in total. The maximum Gasteiger partial charge on any atom is 0.201 e. The molecule has 2 rings (SSSR count). The minimum absolute atomic E-state index is 0.0926. The van der Waals surface area contributed by atoms with Gasteiger partial charge in [0.1, 0.15) is 0 Å². The van der Waals surface area contributed by atoms with Crippen molar-refractivity contribution in [1.82, 2.24) is 0 Å². The third-order valence-corrected chi connectivity index (χ3v) is 10.4. The quantitative estimate of drug-likeness (QED) is 0.688. The van der Waals surface area contributed by atoms with Gasteiger partial charge in [0.2, 0.25) is 5.78 Å². The van der Waals surface area contributed by atoms with Crippen LogP contribution >= 0.6 is 0 Å². The van der Waals surface area contributed by atoms with Gasteiger partial charge in [0.05, 0.1) is 7.11 Å². The molecule has 22 heavy (non-hydrogen) atoms. The highest BCUT2D eigenvalue weighted by Gasteiger charge is 2.44. The normalized spacial score (nSPS) is 26.4.